The second-order valence-corrected chi connectivity index (χ2v) is 7.27. The SMILES string of the molecule is CN(C(=O)c1coc(CN2CCN(c3ccccc3F)CC2)n1)[C@@H]1CCOC1. The fourth-order valence-corrected chi connectivity index (χ4v) is 3.70. The van der Waals surface area contributed by atoms with Crippen LogP contribution in [0.2, 0.25) is 0 Å². The van der Waals surface area contributed by atoms with Crippen LogP contribution in [0.15, 0.2) is 34.9 Å². The molecule has 1 aromatic carbocycles. The van der Waals surface area contributed by atoms with Gasteiger partial charge in [-0.05, 0) is 18.6 Å². The van der Waals surface area contributed by atoms with Crippen molar-refractivity contribution in [3.05, 3.63) is 47.9 Å². The minimum absolute atomic E-state index is 0.0964. The summed E-state index contributed by atoms with van der Waals surface area (Å²) in [5.41, 5.74) is 0.972. The first kappa shape index (κ1) is 18.9. The number of hydrogen-bond donors (Lipinski definition) is 0. The highest BCUT2D eigenvalue weighted by Crippen LogP contribution is 2.21. The molecule has 0 unspecified atom stereocenters. The topological polar surface area (TPSA) is 62.1 Å². The van der Waals surface area contributed by atoms with Crippen molar-refractivity contribution in [3.8, 4) is 0 Å². The lowest BCUT2D eigenvalue weighted by Gasteiger charge is -2.35. The van der Waals surface area contributed by atoms with E-state index in [0.717, 1.165) is 32.6 Å². The summed E-state index contributed by atoms with van der Waals surface area (Å²) in [4.78, 5) is 22.9. The lowest BCUT2D eigenvalue weighted by molar-refractivity contribution is 0.0705. The van der Waals surface area contributed by atoms with Crippen LogP contribution < -0.4 is 4.90 Å². The molecule has 3 heterocycles. The molecule has 0 spiro atoms. The van der Waals surface area contributed by atoms with E-state index in [4.69, 9.17) is 9.15 Å². The molecule has 1 atom stereocenters. The quantitative estimate of drug-likeness (QED) is 0.781. The molecule has 2 saturated heterocycles. The number of carbonyl (C=O) groups excluding carboxylic acids is 1. The number of halogens is 1. The summed E-state index contributed by atoms with van der Waals surface area (Å²) in [6.07, 6.45) is 2.28. The molecule has 0 saturated carbocycles. The zero-order valence-electron chi connectivity index (χ0n) is 16.0. The standard InChI is InChI=1S/C20H25FN4O3/c1-23(15-6-11-27-13-15)20(26)17-14-28-19(22-17)12-24-7-9-25(10-8-24)18-5-3-2-4-16(18)21/h2-5,14-15H,6-13H2,1H3/t15-/m1/s1. The van der Waals surface area contributed by atoms with Gasteiger partial charge in [-0.3, -0.25) is 9.69 Å². The fraction of sp³-hybridized carbons (Fsp3) is 0.500. The molecule has 2 aliphatic heterocycles. The number of piperazine rings is 1. The number of nitrogens with zero attached hydrogens (tertiary/aromatic N) is 4. The Balaban J connectivity index is 1.31. The molecular weight excluding hydrogens is 363 g/mol. The van der Waals surface area contributed by atoms with E-state index in [1.807, 2.05) is 12.1 Å². The van der Waals surface area contributed by atoms with Gasteiger partial charge in [-0.1, -0.05) is 12.1 Å². The van der Waals surface area contributed by atoms with Crippen LogP contribution in [0.4, 0.5) is 10.1 Å². The molecule has 4 rings (SSSR count). The van der Waals surface area contributed by atoms with Crippen molar-refractivity contribution in [2.75, 3.05) is 51.3 Å². The highest BCUT2D eigenvalue weighted by Gasteiger charge is 2.27. The van der Waals surface area contributed by atoms with E-state index >= 15 is 0 Å². The largest absolute Gasteiger partial charge is 0.447 e. The van der Waals surface area contributed by atoms with E-state index in [9.17, 15) is 9.18 Å². The Morgan fingerprint density at radius 3 is 2.79 bits per heavy atom. The monoisotopic (exact) mass is 388 g/mol. The molecule has 1 amide bonds. The van der Waals surface area contributed by atoms with E-state index in [0.29, 0.717) is 37.0 Å². The van der Waals surface area contributed by atoms with Gasteiger partial charge in [0.1, 0.15) is 12.1 Å². The predicted molar refractivity (Wildman–Crippen MR) is 102 cm³/mol. The number of benzene rings is 1. The van der Waals surface area contributed by atoms with E-state index in [1.165, 1.54) is 12.3 Å². The molecule has 0 N–H and O–H groups in total. The number of anilines is 1. The maximum atomic E-state index is 13.9. The Hall–Kier alpha value is -2.45. The summed E-state index contributed by atoms with van der Waals surface area (Å²) in [7, 11) is 1.78. The van der Waals surface area contributed by atoms with Gasteiger partial charge in [-0.15, -0.1) is 0 Å². The summed E-state index contributed by atoms with van der Waals surface area (Å²) in [6, 6.07) is 6.95. The lowest BCUT2D eigenvalue weighted by Crippen LogP contribution is -2.46. The predicted octanol–water partition coefficient (Wildman–Crippen LogP) is 2.00. The van der Waals surface area contributed by atoms with Gasteiger partial charge in [0.25, 0.3) is 5.91 Å². The molecule has 8 heteroatoms. The maximum absolute atomic E-state index is 13.9. The van der Waals surface area contributed by atoms with E-state index in [2.05, 4.69) is 14.8 Å². The van der Waals surface area contributed by atoms with Crippen LogP contribution in [0.25, 0.3) is 0 Å². The summed E-state index contributed by atoms with van der Waals surface area (Å²) in [5, 5.41) is 0. The maximum Gasteiger partial charge on any atom is 0.275 e. The Kier molecular flexibility index (Phi) is 5.59. The zero-order valence-corrected chi connectivity index (χ0v) is 16.0. The first-order valence-corrected chi connectivity index (χ1v) is 9.63. The van der Waals surface area contributed by atoms with Crippen LogP contribution in [0.1, 0.15) is 22.8 Å². The Labute approximate surface area is 163 Å². The van der Waals surface area contributed by atoms with Crippen molar-refractivity contribution in [1.82, 2.24) is 14.8 Å². The molecule has 1 aromatic heterocycles. The number of oxazole rings is 1. The van der Waals surface area contributed by atoms with Crippen molar-refractivity contribution in [3.63, 3.8) is 0 Å². The minimum atomic E-state index is -0.191. The van der Waals surface area contributed by atoms with Crippen LogP contribution in [0, 0.1) is 5.82 Å². The lowest BCUT2D eigenvalue weighted by atomic mass is 10.2. The van der Waals surface area contributed by atoms with Gasteiger partial charge >= 0.3 is 0 Å². The second kappa shape index (κ2) is 8.28. The second-order valence-electron chi connectivity index (χ2n) is 7.27. The molecule has 150 valence electrons. The van der Waals surface area contributed by atoms with Crippen LogP contribution in [0.5, 0.6) is 0 Å². The number of aromatic nitrogens is 1. The molecule has 0 aliphatic carbocycles. The molecule has 2 fully saturated rings. The highest BCUT2D eigenvalue weighted by molar-refractivity contribution is 5.92. The van der Waals surface area contributed by atoms with Gasteiger partial charge in [-0.2, -0.15) is 0 Å². The Morgan fingerprint density at radius 1 is 1.29 bits per heavy atom. The molecular formula is C20H25FN4O3. The van der Waals surface area contributed by atoms with Crippen molar-refractivity contribution in [1.29, 1.82) is 0 Å². The van der Waals surface area contributed by atoms with Crippen molar-refractivity contribution in [2.45, 2.75) is 19.0 Å². The third-order valence-corrected chi connectivity index (χ3v) is 5.47. The number of amides is 1. The van der Waals surface area contributed by atoms with Crippen LogP contribution in [-0.2, 0) is 11.3 Å². The number of para-hydroxylation sites is 1. The van der Waals surface area contributed by atoms with Crippen molar-refractivity contribution >= 4 is 11.6 Å². The van der Waals surface area contributed by atoms with Gasteiger partial charge in [0.15, 0.2) is 5.69 Å². The minimum Gasteiger partial charge on any atom is -0.447 e. The number of rotatable bonds is 5. The van der Waals surface area contributed by atoms with E-state index in [-0.39, 0.29) is 17.8 Å². The van der Waals surface area contributed by atoms with Crippen LogP contribution >= 0.6 is 0 Å². The number of likely N-dealkylation sites (N-methyl/N-ethyl adjacent to an activating group) is 1. The smallest absolute Gasteiger partial charge is 0.275 e. The highest BCUT2D eigenvalue weighted by atomic mass is 19.1. The fourth-order valence-electron chi connectivity index (χ4n) is 3.70. The molecule has 0 bridgehead atoms. The third kappa shape index (κ3) is 4.02. The zero-order chi connectivity index (χ0) is 19.5. The molecule has 0 radical (unpaired) electrons. The van der Waals surface area contributed by atoms with Crippen LogP contribution in [-0.4, -0.2) is 73.2 Å². The Morgan fingerprint density at radius 2 is 2.07 bits per heavy atom. The van der Waals surface area contributed by atoms with Crippen LogP contribution in [0.3, 0.4) is 0 Å². The average molecular weight is 388 g/mol. The molecule has 28 heavy (non-hydrogen) atoms. The average Bonchev–Trinajstić information content (AvgIpc) is 3.40. The number of ether oxygens (including phenoxy) is 1. The normalized spacial score (nSPS) is 20.5. The summed E-state index contributed by atoms with van der Waals surface area (Å²) < 4.78 is 24.8. The van der Waals surface area contributed by atoms with E-state index < -0.39 is 0 Å². The Bertz CT molecular complexity index is 813. The summed E-state index contributed by atoms with van der Waals surface area (Å²) in [5.74, 6) is 0.192. The molecule has 7 nitrogen and oxygen atoms in total. The molecule has 2 aliphatic rings. The van der Waals surface area contributed by atoms with Gasteiger partial charge in [0.05, 0.1) is 24.9 Å². The van der Waals surface area contributed by atoms with Gasteiger partial charge in [0.2, 0.25) is 5.89 Å². The van der Waals surface area contributed by atoms with Gasteiger partial charge < -0.3 is 19.0 Å². The van der Waals surface area contributed by atoms with E-state index in [1.54, 1.807) is 18.0 Å². The first-order valence-electron chi connectivity index (χ1n) is 9.63. The van der Waals surface area contributed by atoms with Gasteiger partial charge in [0, 0.05) is 39.8 Å². The van der Waals surface area contributed by atoms with Gasteiger partial charge in [-0.25, -0.2) is 9.37 Å². The van der Waals surface area contributed by atoms with Crippen molar-refractivity contribution < 1.29 is 18.3 Å². The first-order chi connectivity index (χ1) is 13.6. The number of carbonyl (C=O) groups is 1. The van der Waals surface area contributed by atoms with Crippen molar-refractivity contribution in [2.24, 2.45) is 0 Å². The molecule has 2 aromatic rings. The number of hydrogen-bond acceptors (Lipinski definition) is 6. The third-order valence-electron chi connectivity index (χ3n) is 5.47. The summed E-state index contributed by atoms with van der Waals surface area (Å²) in [6.45, 7) is 4.81. The summed E-state index contributed by atoms with van der Waals surface area (Å²) >= 11 is 0.